The number of carbonyl (C=O) groups excluding carboxylic acids is 3. The number of ether oxygens (including phenoxy) is 2. The van der Waals surface area contributed by atoms with Gasteiger partial charge in [0, 0.05) is 12.1 Å². The molecule has 2 amide bonds. The Bertz CT molecular complexity index is 1060. The second-order valence-corrected chi connectivity index (χ2v) is 6.56. The van der Waals surface area contributed by atoms with Crippen LogP contribution in [0.4, 0.5) is 10.5 Å². The average molecular weight is 450 g/mol. The number of nitro groups is 1. The third-order valence-corrected chi connectivity index (χ3v) is 4.53. The number of amides is 2. The number of esters is 2. The van der Waals surface area contributed by atoms with Crippen molar-refractivity contribution in [2.24, 2.45) is 0 Å². The first-order valence-electron chi connectivity index (χ1n) is 8.94. The smallest absolute Gasteiger partial charge is 0.340 e. The summed E-state index contributed by atoms with van der Waals surface area (Å²) in [6.07, 6.45) is 1.37. The second kappa shape index (κ2) is 9.30. The van der Waals surface area contributed by atoms with Crippen LogP contribution in [0.2, 0.25) is 5.02 Å². The monoisotopic (exact) mass is 449 g/mol. The first kappa shape index (κ1) is 21.8. The molecule has 1 atom stereocenters. The third-order valence-electron chi connectivity index (χ3n) is 4.20. The Morgan fingerprint density at radius 1 is 1.26 bits per heavy atom. The molecule has 2 aromatic rings. The Morgan fingerprint density at radius 2 is 2.03 bits per heavy atom. The van der Waals surface area contributed by atoms with Gasteiger partial charge in [0.2, 0.25) is 0 Å². The SMILES string of the molecule is CCOC(=O)C1=C(COC(=O)c2cc([N+](=O)[O-])ccc2Cl)NC(=O)NC1c1ccco1. The van der Waals surface area contributed by atoms with Crippen molar-refractivity contribution in [3.05, 3.63) is 74.3 Å². The molecule has 0 bridgehead atoms. The Hall–Kier alpha value is -3.86. The fraction of sp³-hybridized carbons (Fsp3) is 0.211. The van der Waals surface area contributed by atoms with Crippen LogP contribution >= 0.6 is 11.6 Å². The molecule has 11 nitrogen and oxygen atoms in total. The quantitative estimate of drug-likeness (QED) is 0.372. The lowest BCUT2D eigenvalue weighted by molar-refractivity contribution is -0.384. The normalized spacial score (nSPS) is 15.7. The van der Waals surface area contributed by atoms with E-state index in [2.05, 4.69) is 10.6 Å². The number of halogens is 1. The van der Waals surface area contributed by atoms with E-state index in [0.29, 0.717) is 0 Å². The number of hydrogen-bond acceptors (Lipinski definition) is 8. The summed E-state index contributed by atoms with van der Waals surface area (Å²) in [6.45, 7) is 1.15. The van der Waals surface area contributed by atoms with Crippen molar-refractivity contribution >= 4 is 35.3 Å². The van der Waals surface area contributed by atoms with Crippen molar-refractivity contribution in [2.75, 3.05) is 13.2 Å². The number of urea groups is 1. The zero-order valence-electron chi connectivity index (χ0n) is 16.0. The molecule has 0 saturated heterocycles. The molecule has 2 N–H and O–H groups in total. The molecule has 1 aromatic heterocycles. The molecule has 2 heterocycles. The van der Waals surface area contributed by atoms with Crippen LogP contribution < -0.4 is 10.6 Å². The highest BCUT2D eigenvalue weighted by atomic mass is 35.5. The average Bonchev–Trinajstić information content (AvgIpc) is 3.26. The van der Waals surface area contributed by atoms with E-state index >= 15 is 0 Å². The fourth-order valence-electron chi connectivity index (χ4n) is 2.85. The first-order valence-corrected chi connectivity index (χ1v) is 9.31. The summed E-state index contributed by atoms with van der Waals surface area (Å²) in [4.78, 5) is 47.4. The van der Waals surface area contributed by atoms with E-state index in [0.717, 1.165) is 12.1 Å². The van der Waals surface area contributed by atoms with Crippen molar-refractivity contribution in [3.63, 3.8) is 0 Å². The van der Waals surface area contributed by atoms with Crippen molar-refractivity contribution in [3.8, 4) is 0 Å². The zero-order chi connectivity index (χ0) is 22.5. The van der Waals surface area contributed by atoms with Crippen molar-refractivity contribution in [2.45, 2.75) is 13.0 Å². The molecule has 0 spiro atoms. The molecular weight excluding hydrogens is 434 g/mol. The highest BCUT2D eigenvalue weighted by molar-refractivity contribution is 6.33. The molecule has 3 rings (SSSR count). The van der Waals surface area contributed by atoms with Gasteiger partial charge in [0.05, 0.1) is 39.6 Å². The minimum atomic E-state index is -0.980. The summed E-state index contributed by atoms with van der Waals surface area (Å²) in [6, 6.07) is 4.81. The van der Waals surface area contributed by atoms with E-state index in [9.17, 15) is 24.5 Å². The lowest BCUT2D eigenvalue weighted by Gasteiger charge is -2.27. The highest BCUT2D eigenvalue weighted by Crippen LogP contribution is 2.29. The maximum Gasteiger partial charge on any atom is 0.340 e. The van der Waals surface area contributed by atoms with Gasteiger partial charge >= 0.3 is 18.0 Å². The number of furan rings is 1. The van der Waals surface area contributed by atoms with Crippen molar-refractivity contribution in [1.29, 1.82) is 0 Å². The number of rotatable bonds is 7. The van der Waals surface area contributed by atoms with Gasteiger partial charge in [0.25, 0.3) is 5.69 Å². The van der Waals surface area contributed by atoms with Gasteiger partial charge in [-0.05, 0) is 25.1 Å². The number of benzene rings is 1. The topological polar surface area (TPSA) is 150 Å². The Balaban J connectivity index is 1.91. The Labute approximate surface area is 180 Å². The molecule has 31 heavy (non-hydrogen) atoms. The Morgan fingerprint density at radius 3 is 2.68 bits per heavy atom. The number of carbonyl (C=O) groups is 3. The predicted molar refractivity (Wildman–Crippen MR) is 105 cm³/mol. The van der Waals surface area contributed by atoms with Gasteiger partial charge in [-0.25, -0.2) is 14.4 Å². The standard InChI is InChI=1S/C19H16ClN3O8/c1-2-29-18(25)15-13(21-19(26)22-16(15)14-4-3-7-30-14)9-31-17(24)11-8-10(23(27)28)5-6-12(11)20/h3-8,16H,2,9H2,1H3,(H2,21,22,26). The summed E-state index contributed by atoms with van der Waals surface area (Å²) in [5.41, 5.74) is -0.638. The third kappa shape index (κ3) is 4.83. The molecule has 0 aliphatic carbocycles. The van der Waals surface area contributed by atoms with Crippen LogP contribution in [0, 0.1) is 10.1 Å². The minimum Gasteiger partial charge on any atom is -0.467 e. The van der Waals surface area contributed by atoms with Crippen molar-refractivity contribution in [1.82, 2.24) is 10.6 Å². The molecule has 1 aliphatic heterocycles. The fourth-order valence-corrected chi connectivity index (χ4v) is 3.04. The van der Waals surface area contributed by atoms with Gasteiger partial charge in [-0.2, -0.15) is 0 Å². The molecule has 1 aromatic carbocycles. The largest absolute Gasteiger partial charge is 0.467 e. The number of nitro benzene ring substituents is 1. The number of nitrogens with zero attached hydrogens (tertiary/aromatic N) is 1. The molecule has 12 heteroatoms. The first-order chi connectivity index (χ1) is 14.8. The molecule has 1 unspecified atom stereocenters. The van der Waals surface area contributed by atoms with E-state index in [1.54, 1.807) is 19.1 Å². The van der Waals surface area contributed by atoms with Gasteiger partial charge in [-0.15, -0.1) is 0 Å². The number of hydrogen-bond donors (Lipinski definition) is 2. The van der Waals surface area contributed by atoms with E-state index in [4.69, 9.17) is 25.5 Å². The maximum absolute atomic E-state index is 12.6. The van der Waals surface area contributed by atoms with E-state index in [1.165, 1.54) is 12.3 Å². The summed E-state index contributed by atoms with van der Waals surface area (Å²) in [5, 5.41) is 15.9. The molecular formula is C19H16ClN3O8. The van der Waals surface area contributed by atoms with Gasteiger partial charge in [0.15, 0.2) is 0 Å². The van der Waals surface area contributed by atoms with Crippen LogP contribution in [0.5, 0.6) is 0 Å². The van der Waals surface area contributed by atoms with E-state index in [-0.39, 0.29) is 39.9 Å². The maximum atomic E-state index is 12.6. The van der Waals surface area contributed by atoms with Gasteiger partial charge in [0.1, 0.15) is 18.4 Å². The summed E-state index contributed by atoms with van der Waals surface area (Å²) in [7, 11) is 0. The molecule has 1 aliphatic rings. The number of non-ortho nitro benzene ring substituents is 1. The van der Waals surface area contributed by atoms with Crippen LogP contribution in [-0.2, 0) is 14.3 Å². The molecule has 162 valence electrons. The Kier molecular flexibility index (Phi) is 6.55. The van der Waals surface area contributed by atoms with Gasteiger partial charge in [-0.1, -0.05) is 11.6 Å². The molecule has 0 radical (unpaired) electrons. The zero-order valence-corrected chi connectivity index (χ0v) is 16.8. The lowest BCUT2D eigenvalue weighted by atomic mass is 10.0. The minimum absolute atomic E-state index is 0.0191. The van der Waals surface area contributed by atoms with E-state index < -0.39 is 35.5 Å². The summed E-state index contributed by atoms with van der Waals surface area (Å²) in [5.74, 6) is -1.47. The number of nitrogens with one attached hydrogen (secondary N) is 2. The lowest BCUT2D eigenvalue weighted by Crippen LogP contribution is -2.47. The molecule has 0 saturated carbocycles. The van der Waals surface area contributed by atoms with Crippen LogP contribution in [0.1, 0.15) is 29.1 Å². The van der Waals surface area contributed by atoms with Crippen LogP contribution in [0.15, 0.2) is 52.3 Å². The second-order valence-electron chi connectivity index (χ2n) is 6.16. The van der Waals surface area contributed by atoms with Gasteiger partial charge < -0.3 is 24.5 Å². The van der Waals surface area contributed by atoms with Gasteiger partial charge in [-0.3, -0.25) is 10.1 Å². The summed E-state index contributed by atoms with van der Waals surface area (Å²) < 4.78 is 15.5. The summed E-state index contributed by atoms with van der Waals surface area (Å²) >= 11 is 5.95. The predicted octanol–water partition coefficient (Wildman–Crippen LogP) is 2.87. The van der Waals surface area contributed by atoms with E-state index in [1.807, 2.05) is 0 Å². The van der Waals surface area contributed by atoms with Crippen LogP contribution in [0.25, 0.3) is 0 Å². The van der Waals surface area contributed by atoms with Crippen molar-refractivity contribution < 1.29 is 33.2 Å². The van der Waals surface area contributed by atoms with Crippen LogP contribution in [-0.4, -0.2) is 36.1 Å². The highest BCUT2D eigenvalue weighted by Gasteiger charge is 2.36. The van der Waals surface area contributed by atoms with Crippen LogP contribution in [0.3, 0.4) is 0 Å². The molecule has 0 fully saturated rings.